The second-order valence-corrected chi connectivity index (χ2v) is 6.50. The summed E-state index contributed by atoms with van der Waals surface area (Å²) in [4.78, 5) is 2.46. The molecule has 1 unspecified atom stereocenters. The van der Waals surface area contributed by atoms with Crippen LogP contribution in [0.15, 0.2) is 18.2 Å². The Morgan fingerprint density at radius 3 is 2.74 bits per heavy atom. The van der Waals surface area contributed by atoms with E-state index in [9.17, 15) is 0 Å². The molecule has 1 saturated heterocycles. The molecule has 0 saturated carbocycles. The molecule has 1 atom stereocenters. The predicted molar refractivity (Wildman–Crippen MR) is 79.5 cm³/mol. The van der Waals surface area contributed by atoms with Gasteiger partial charge < -0.3 is 15.4 Å². The molecule has 1 aromatic rings. The lowest BCUT2D eigenvalue weighted by Crippen LogP contribution is -2.31. The average molecular weight is 262 g/mol. The summed E-state index contributed by atoms with van der Waals surface area (Å²) in [6.45, 7) is 9.93. The molecule has 19 heavy (non-hydrogen) atoms. The molecule has 0 bridgehead atoms. The maximum absolute atomic E-state index is 6.39. The first-order valence-corrected chi connectivity index (χ1v) is 7.04. The van der Waals surface area contributed by atoms with E-state index in [1.54, 1.807) is 7.11 Å². The van der Waals surface area contributed by atoms with E-state index in [-0.39, 0.29) is 6.04 Å². The maximum atomic E-state index is 6.39. The fraction of sp³-hybridized carbons (Fsp3) is 0.625. The van der Waals surface area contributed by atoms with E-state index < -0.39 is 0 Å². The highest BCUT2D eigenvalue weighted by atomic mass is 16.5. The highest BCUT2D eigenvalue weighted by Crippen LogP contribution is 2.31. The van der Waals surface area contributed by atoms with Crippen molar-refractivity contribution in [3.05, 3.63) is 29.3 Å². The molecule has 0 aromatic heterocycles. The molecule has 0 radical (unpaired) electrons. The van der Waals surface area contributed by atoms with Crippen molar-refractivity contribution >= 4 is 0 Å². The monoisotopic (exact) mass is 262 g/mol. The van der Waals surface area contributed by atoms with Gasteiger partial charge in [-0.25, -0.2) is 0 Å². The summed E-state index contributed by atoms with van der Waals surface area (Å²) in [6.07, 6.45) is 1.25. The third-order valence-electron chi connectivity index (χ3n) is 4.00. The molecular weight excluding hydrogens is 236 g/mol. The summed E-state index contributed by atoms with van der Waals surface area (Å²) in [5.41, 5.74) is 9.16. The minimum atomic E-state index is 0.0174. The van der Waals surface area contributed by atoms with Crippen molar-refractivity contribution < 1.29 is 4.74 Å². The third kappa shape index (κ3) is 3.48. The molecule has 2 N–H and O–H groups in total. The van der Waals surface area contributed by atoms with Crippen LogP contribution >= 0.6 is 0 Å². The van der Waals surface area contributed by atoms with E-state index >= 15 is 0 Å². The summed E-state index contributed by atoms with van der Waals surface area (Å²) in [6, 6.07) is 6.24. The molecule has 106 valence electrons. The summed E-state index contributed by atoms with van der Waals surface area (Å²) < 4.78 is 5.43. The van der Waals surface area contributed by atoms with Crippen molar-refractivity contribution in [3.63, 3.8) is 0 Å². The van der Waals surface area contributed by atoms with Gasteiger partial charge in [-0.05, 0) is 31.4 Å². The van der Waals surface area contributed by atoms with Crippen molar-refractivity contribution in [2.75, 3.05) is 26.7 Å². The van der Waals surface area contributed by atoms with Crippen molar-refractivity contribution in [2.24, 2.45) is 11.1 Å². The largest absolute Gasteiger partial charge is 0.496 e. The molecule has 1 aliphatic heterocycles. The third-order valence-corrected chi connectivity index (χ3v) is 4.00. The van der Waals surface area contributed by atoms with Crippen LogP contribution in [0, 0.1) is 12.3 Å². The highest BCUT2D eigenvalue weighted by Gasteiger charge is 2.30. The van der Waals surface area contributed by atoms with Gasteiger partial charge in [-0.1, -0.05) is 31.5 Å². The number of hydrogen-bond donors (Lipinski definition) is 1. The number of hydrogen-bond acceptors (Lipinski definition) is 3. The summed E-state index contributed by atoms with van der Waals surface area (Å²) in [5, 5.41) is 0. The second kappa shape index (κ2) is 5.51. The molecule has 1 fully saturated rings. The topological polar surface area (TPSA) is 38.5 Å². The molecule has 2 rings (SSSR count). The lowest BCUT2D eigenvalue weighted by molar-refractivity contribution is 0.274. The molecular formula is C16H26N2O. The van der Waals surface area contributed by atoms with Crippen molar-refractivity contribution in [1.29, 1.82) is 0 Å². The minimum Gasteiger partial charge on any atom is -0.496 e. The average Bonchev–Trinajstić information content (AvgIpc) is 2.68. The molecule has 1 aromatic carbocycles. The van der Waals surface area contributed by atoms with E-state index in [0.29, 0.717) is 5.41 Å². The summed E-state index contributed by atoms with van der Waals surface area (Å²) in [7, 11) is 1.71. The fourth-order valence-electron chi connectivity index (χ4n) is 2.90. The molecule has 3 nitrogen and oxygen atoms in total. The first-order valence-electron chi connectivity index (χ1n) is 7.04. The molecule has 0 amide bonds. The fourth-order valence-corrected chi connectivity index (χ4v) is 2.90. The van der Waals surface area contributed by atoms with Gasteiger partial charge in [0.2, 0.25) is 0 Å². The van der Waals surface area contributed by atoms with Gasteiger partial charge in [-0.15, -0.1) is 0 Å². The number of nitrogens with two attached hydrogens (primary N) is 1. The van der Waals surface area contributed by atoms with Gasteiger partial charge in [0, 0.05) is 24.7 Å². The zero-order chi connectivity index (χ0) is 14.0. The van der Waals surface area contributed by atoms with Gasteiger partial charge in [-0.2, -0.15) is 0 Å². The van der Waals surface area contributed by atoms with Gasteiger partial charge >= 0.3 is 0 Å². The smallest absolute Gasteiger partial charge is 0.123 e. The van der Waals surface area contributed by atoms with Crippen LogP contribution in [0.5, 0.6) is 5.75 Å². The molecule has 3 heteroatoms. The number of nitrogens with zero attached hydrogens (tertiary/aromatic N) is 1. The van der Waals surface area contributed by atoms with Crippen molar-refractivity contribution in [3.8, 4) is 5.75 Å². The first kappa shape index (κ1) is 14.4. The Balaban J connectivity index is 2.08. The summed E-state index contributed by atoms with van der Waals surface area (Å²) >= 11 is 0. The van der Waals surface area contributed by atoms with Gasteiger partial charge in [0.15, 0.2) is 0 Å². The van der Waals surface area contributed by atoms with Gasteiger partial charge in [0.1, 0.15) is 5.75 Å². The predicted octanol–water partition coefficient (Wildman–Crippen LogP) is 2.74. The Morgan fingerprint density at radius 1 is 1.42 bits per heavy atom. The van der Waals surface area contributed by atoms with Gasteiger partial charge in [-0.3, -0.25) is 0 Å². The van der Waals surface area contributed by atoms with E-state index in [1.165, 1.54) is 12.0 Å². The van der Waals surface area contributed by atoms with E-state index in [4.69, 9.17) is 10.5 Å². The SMILES string of the molecule is COc1ccc(C)cc1C(N)CN1CCC(C)(C)C1. The maximum Gasteiger partial charge on any atom is 0.123 e. The van der Waals surface area contributed by atoms with Gasteiger partial charge in [0.25, 0.3) is 0 Å². The molecule has 1 heterocycles. The van der Waals surface area contributed by atoms with Crippen LogP contribution in [0.25, 0.3) is 0 Å². The minimum absolute atomic E-state index is 0.0174. The Hall–Kier alpha value is -1.06. The highest BCUT2D eigenvalue weighted by molar-refractivity contribution is 5.39. The lowest BCUT2D eigenvalue weighted by atomic mass is 9.93. The normalized spacial score (nSPS) is 20.5. The first-order chi connectivity index (χ1) is 8.91. The number of ether oxygens (including phenoxy) is 1. The van der Waals surface area contributed by atoms with E-state index in [2.05, 4.69) is 37.8 Å². The van der Waals surface area contributed by atoms with E-state index in [1.807, 2.05) is 6.07 Å². The van der Waals surface area contributed by atoms with Crippen LogP contribution in [0.4, 0.5) is 0 Å². The molecule has 0 spiro atoms. The van der Waals surface area contributed by atoms with Crippen LogP contribution in [-0.4, -0.2) is 31.6 Å². The molecule has 1 aliphatic rings. The lowest BCUT2D eigenvalue weighted by Gasteiger charge is -2.24. The number of aryl methyl sites for hydroxylation is 1. The van der Waals surface area contributed by atoms with Crippen LogP contribution in [0.3, 0.4) is 0 Å². The Bertz CT molecular complexity index is 442. The number of likely N-dealkylation sites (tertiary alicyclic amines) is 1. The Morgan fingerprint density at radius 2 is 2.16 bits per heavy atom. The number of benzene rings is 1. The van der Waals surface area contributed by atoms with Crippen LogP contribution in [0.2, 0.25) is 0 Å². The van der Waals surface area contributed by atoms with Crippen molar-refractivity contribution in [1.82, 2.24) is 4.90 Å². The number of rotatable bonds is 4. The van der Waals surface area contributed by atoms with Crippen molar-refractivity contribution in [2.45, 2.75) is 33.2 Å². The quantitative estimate of drug-likeness (QED) is 0.906. The van der Waals surface area contributed by atoms with Crippen LogP contribution < -0.4 is 10.5 Å². The standard InChI is InChI=1S/C16H26N2O/c1-12-5-6-15(19-4)13(9-12)14(17)10-18-8-7-16(2,3)11-18/h5-6,9,14H,7-8,10-11,17H2,1-4H3. The summed E-state index contributed by atoms with van der Waals surface area (Å²) in [5.74, 6) is 0.900. The van der Waals surface area contributed by atoms with Gasteiger partial charge in [0.05, 0.1) is 7.11 Å². The van der Waals surface area contributed by atoms with E-state index in [0.717, 1.165) is 30.9 Å². The number of methoxy groups -OCH3 is 1. The Labute approximate surface area is 116 Å². The zero-order valence-corrected chi connectivity index (χ0v) is 12.6. The van der Waals surface area contributed by atoms with Crippen LogP contribution in [0.1, 0.15) is 37.4 Å². The second-order valence-electron chi connectivity index (χ2n) is 6.50. The zero-order valence-electron chi connectivity index (χ0n) is 12.6. The Kier molecular flexibility index (Phi) is 4.16. The van der Waals surface area contributed by atoms with Crippen LogP contribution in [-0.2, 0) is 0 Å². The molecule has 0 aliphatic carbocycles.